The van der Waals surface area contributed by atoms with Gasteiger partial charge in [-0.3, -0.25) is 0 Å². The van der Waals surface area contributed by atoms with Crippen LogP contribution in [0.2, 0.25) is 0 Å². The average Bonchev–Trinajstić information content (AvgIpc) is 2.47. The summed E-state index contributed by atoms with van der Waals surface area (Å²) in [6.45, 7) is 2.75. The zero-order valence-corrected chi connectivity index (χ0v) is 11.9. The Morgan fingerprint density at radius 3 is 2.45 bits per heavy atom. The van der Waals surface area contributed by atoms with Crippen LogP contribution in [0.4, 0.5) is 0 Å². The highest BCUT2D eigenvalue weighted by Gasteiger charge is 2.10. The lowest BCUT2D eigenvalue weighted by molar-refractivity contribution is 0.317. The highest BCUT2D eigenvalue weighted by atomic mass is 32.1. The van der Waals surface area contributed by atoms with Crippen molar-refractivity contribution in [1.29, 1.82) is 0 Å². The second-order valence-electron chi connectivity index (χ2n) is 4.00. The highest BCUT2D eigenvalue weighted by Crippen LogP contribution is 2.24. The van der Waals surface area contributed by atoms with Gasteiger partial charge in [-0.25, -0.2) is 9.97 Å². The van der Waals surface area contributed by atoms with Crippen LogP contribution in [0.25, 0.3) is 0 Å². The monoisotopic (exact) mass is 289 g/mol. The molecule has 0 unspecified atom stereocenters. The van der Waals surface area contributed by atoms with Crippen molar-refractivity contribution in [2.24, 2.45) is 5.73 Å². The van der Waals surface area contributed by atoms with Crippen LogP contribution in [0.1, 0.15) is 19.0 Å². The molecule has 0 aliphatic carbocycles. The number of hydrogen-bond donors (Lipinski definition) is 1. The van der Waals surface area contributed by atoms with Crippen molar-refractivity contribution < 1.29 is 9.47 Å². The SMILES string of the molecule is CCCOc1ccc(Oc2nccnc2C(N)=S)cc1. The molecule has 0 radical (unpaired) electrons. The molecular formula is C14H15N3O2S. The third-order valence-corrected chi connectivity index (χ3v) is 2.60. The first kappa shape index (κ1) is 14.2. The predicted molar refractivity (Wildman–Crippen MR) is 80.2 cm³/mol. The number of thiocarbonyl (C=S) groups is 1. The molecule has 1 aromatic carbocycles. The van der Waals surface area contributed by atoms with Crippen molar-refractivity contribution in [2.45, 2.75) is 13.3 Å². The van der Waals surface area contributed by atoms with Crippen molar-refractivity contribution in [1.82, 2.24) is 9.97 Å². The Hall–Kier alpha value is -2.21. The first-order chi connectivity index (χ1) is 9.70. The zero-order chi connectivity index (χ0) is 14.4. The maximum atomic E-state index is 5.63. The van der Waals surface area contributed by atoms with Gasteiger partial charge in [-0.2, -0.15) is 0 Å². The van der Waals surface area contributed by atoms with Crippen molar-refractivity contribution in [3.8, 4) is 17.4 Å². The molecule has 1 aromatic heterocycles. The van der Waals surface area contributed by atoms with E-state index in [1.165, 1.54) is 12.4 Å². The van der Waals surface area contributed by atoms with Gasteiger partial charge in [0.25, 0.3) is 0 Å². The summed E-state index contributed by atoms with van der Waals surface area (Å²) in [6, 6.07) is 7.26. The van der Waals surface area contributed by atoms with Crippen LogP contribution in [-0.2, 0) is 0 Å². The zero-order valence-electron chi connectivity index (χ0n) is 11.1. The minimum Gasteiger partial charge on any atom is -0.494 e. The number of rotatable bonds is 6. The van der Waals surface area contributed by atoms with Gasteiger partial charge in [0, 0.05) is 12.4 Å². The van der Waals surface area contributed by atoms with Crippen molar-refractivity contribution in [3.05, 3.63) is 42.4 Å². The standard InChI is InChI=1S/C14H15N3O2S/c1-2-9-18-10-3-5-11(6-4-10)19-14-12(13(15)20)16-7-8-17-14/h3-8H,2,9H2,1H3,(H2,15,20). The summed E-state index contributed by atoms with van der Waals surface area (Å²) >= 11 is 4.91. The molecule has 20 heavy (non-hydrogen) atoms. The average molecular weight is 289 g/mol. The fourth-order valence-electron chi connectivity index (χ4n) is 1.50. The fraction of sp³-hybridized carbons (Fsp3) is 0.214. The number of hydrogen-bond acceptors (Lipinski definition) is 5. The third kappa shape index (κ3) is 3.64. The van der Waals surface area contributed by atoms with E-state index in [0.29, 0.717) is 23.9 Å². The predicted octanol–water partition coefficient (Wildman–Crippen LogP) is 2.69. The molecule has 0 bridgehead atoms. The summed E-state index contributed by atoms with van der Waals surface area (Å²) in [5.74, 6) is 1.71. The Kier molecular flexibility index (Phi) is 4.84. The van der Waals surface area contributed by atoms with E-state index in [9.17, 15) is 0 Å². The maximum Gasteiger partial charge on any atom is 0.248 e. The molecule has 0 atom stereocenters. The second-order valence-corrected chi connectivity index (χ2v) is 4.44. The van der Waals surface area contributed by atoms with Crippen LogP contribution in [0, 0.1) is 0 Å². The van der Waals surface area contributed by atoms with Gasteiger partial charge in [0.05, 0.1) is 6.61 Å². The molecule has 0 spiro atoms. The minimum absolute atomic E-state index is 0.149. The lowest BCUT2D eigenvalue weighted by atomic mass is 10.3. The van der Waals surface area contributed by atoms with E-state index in [1.807, 2.05) is 12.1 Å². The number of ether oxygens (including phenoxy) is 2. The lowest BCUT2D eigenvalue weighted by Gasteiger charge is -2.09. The molecule has 0 aliphatic rings. The first-order valence-electron chi connectivity index (χ1n) is 6.22. The van der Waals surface area contributed by atoms with Gasteiger partial charge in [0.1, 0.15) is 16.5 Å². The van der Waals surface area contributed by atoms with Crippen LogP contribution in [-0.4, -0.2) is 21.6 Å². The molecule has 0 saturated heterocycles. The van der Waals surface area contributed by atoms with Crippen LogP contribution in [0.5, 0.6) is 17.4 Å². The van der Waals surface area contributed by atoms with Crippen molar-refractivity contribution in [3.63, 3.8) is 0 Å². The number of aromatic nitrogens is 2. The van der Waals surface area contributed by atoms with Gasteiger partial charge in [-0.1, -0.05) is 19.1 Å². The summed E-state index contributed by atoms with van der Waals surface area (Å²) in [4.78, 5) is 8.29. The van der Waals surface area contributed by atoms with Gasteiger partial charge in [-0.05, 0) is 30.7 Å². The van der Waals surface area contributed by atoms with E-state index < -0.39 is 0 Å². The van der Waals surface area contributed by atoms with Crippen molar-refractivity contribution in [2.75, 3.05) is 6.61 Å². The van der Waals surface area contributed by atoms with E-state index >= 15 is 0 Å². The largest absolute Gasteiger partial charge is 0.494 e. The number of nitrogens with zero attached hydrogens (tertiary/aromatic N) is 2. The van der Waals surface area contributed by atoms with Gasteiger partial charge in [-0.15, -0.1) is 0 Å². The van der Waals surface area contributed by atoms with Crippen LogP contribution >= 0.6 is 12.2 Å². The molecule has 0 fully saturated rings. The maximum absolute atomic E-state index is 5.63. The summed E-state index contributed by atoms with van der Waals surface area (Å²) in [7, 11) is 0. The first-order valence-corrected chi connectivity index (χ1v) is 6.63. The molecule has 1 heterocycles. The third-order valence-electron chi connectivity index (χ3n) is 2.41. The van der Waals surface area contributed by atoms with Gasteiger partial charge in [0.2, 0.25) is 5.88 Å². The summed E-state index contributed by atoms with van der Waals surface area (Å²) in [5.41, 5.74) is 5.95. The minimum atomic E-state index is 0.149. The molecule has 2 rings (SSSR count). The Morgan fingerprint density at radius 2 is 1.80 bits per heavy atom. The van der Waals surface area contributed by atoms with Gasteiger partial charge >= 0.3 is 0 Å². The summed E-state index contributed by atoms with van der Waals surface area (Å²) < 4.78 is 11.1. The number of benzene rings is 1. The van der Waals surface area contributed by atoms with E-state index in [0.717, 1.165) is 12.2 Å². The molecular weight excluding hydrogens is 274 g/mol. The van der Waals surface area contributed by atoms with Crippen LogP contribution in [0.3, 0.4) is 0 Å². The summed E-state index contributed by atoms with van der Waals surface area (Å²) in [6.07, 6.45) is 4.01. The Balaban J connectivity index is 2.12. The van der Waals surface area contributed by atoms with E-state index in [4.69, 9.17) is 27.4 Å². The molecule has 0 saturated carbocycles. The molecule has 6 heteroatoms. The summed E-state index contributed by atoms with van der Waals surface area (Å²) in [5, 5.41) is 0. The Bertz CT molecular complexity index is 587. The van der Waals surface area contributed by atoms with Gasteiger partial charge in [0.15, 0.2) is 5.69 Å². The number of nitrogens with two attached hydrogens (primary N) is 1. The normalized spacial score (nSPS) is 10.1. The highest BCUT2D eigenvalue weighted by molar-refractivity contribution is 7.80. The lowest BCUT2D eigenvalue weighted by Crippen LogP contribution is -2.13. The molecule has 5 nitrogen and oxygen atoms in total. The van der Waals surface area contributed by atoms with Gasteiger partial charge < -0.3 is 15.2 Å². The van der Waals surface area contributed by atoms with Crippen LogP contribution in [0.15, 0.2) is 36.7 Å². The fourth-order valence-corrected chi connectivity index (χ4v) is 1.64. The smallest absolute Gasteiger partial charge is 0.248 e. The quantitative estimate of drug-likeness (QED) is 0.824. The second kappa shape index (κ2) is 6.81. The Morgan fingerprint density at radius 1 is 1.15 bits per heavy atom. The van der Waals surface area contributed by atoms with E-state index in [2.05, 4.69) is 16.9 Å². The molecule has 104 valence electrons. The topological polar surface area (TPSA) is 70.3 Å². The Labute approximate surface area is 122 Å². The molecule has 0 amide bonds. The van der Waals surface area contributed by atoms with E-state index in [1.54, 1.807) is 12.1 Å². The molecule has 2 aromatic rings. The van der Waals surface area contributed by atoms with Crippen molar-refractivity contribution >= 4 is 17.2 Å². The van der Waals surface area contributed by atoms with E-state index in [-0.39, 0.29) is 4.99 Å². The van der Waals surface area contributed by atoms with Crippen LogP contribution < -0.4 is 15.2 Å². The molecule has 2 N–H and O–H groups in total. The molecule has 0 aliphatic heterocycles.